The van der Waals surface area contributed by atoms with E-state index in [4.69, 9.17) is 19.4 Å². The van der Waals surface area contributed by atoms with Crippen LogP contribution in [0.1, 0.15) is 25.0 Å². The van der Waals surface area contributed by atoms with Crippen LogP contribution in [0, 0.1) is 0 Å². The summed E-state index contributed by atoms with van der Waals surface area (Å²) in [5.74, 6) is 1.85. The summed E-state index contributed by atoms with van der Waals surface area (Å²) in [4.78, 5) is 15.5. The molecule has 0 aliphatic heterocycles. The standard InChI is InChI=1S/C52H35N3O/c1-52(2)44-20-9-8-18-41(44)43-30-38(25-27-45(43)52)50-53-49(37-23-22-33-14-6-7-15-34(33)29-37)54-51(55-50)39-24-26-42-47(31-39)56-46-21-11-19-40(48(42)46)36-17-10-16-35(28-36)32-12-4-3-5-13-32/h3-31H,1-2H3. The van der Waals surface area contributed by atoms with Crippen LogP contribution >= 0.6 is 0 Å². The first kappa shape index (κ1) is 32.3. The van der Waals surface area contributed by atoms with E-state index in [-0.39, 0.29) is 5.41 Å². The molecule has 4 nitrogen and oxygen atoms in total. The lowest BCUT2D eigenvalue weighted by Crippen LogP contribution is -2.14. The van der Waals surface area contributed by atoms with Crippen molar-refractivity contribution in [3.63, 3.8) is 0 Å². The smallest absolute Gasteiger partial charge is 0.164 e. The van der Waals surface area contributed by atoms with E-state index in [0.29, 0.717) is 17.5 Å². The number of rotatable bonds is 5. The van der Waals surface area contributed by atoms with Crippen LogP contribution in [-0.4, -0.2) is 15.0 Å². The Morgan fingerprint density at radius 2 is 0.982 bits per heavy atom. The monoisotopic (exact) mass is 717 g/mol. The van der Waals surface area contributed by atoms with Gasteiger partial charge in [-0.25, -0.2) is 15.0 Å². The summed E-state index contributed by atoms with van der Waals surface area (Å²) >= 11 is 0. The molecule has 11 rings (SSSR count). The first-order valence-electron chi connectivity index (χ1n) is 19.1. The maximum Gasteiger partial charge on any atom is 0.164 e. The fourth-order valence-electron chi connectivity index (χ4n) is 8.65. The SMILES string of the molecule is CC1(C)c2ccccc2-c2cc(-c3nc(-c4ccc5ccccc5c4)nc(-c4ccc5c(c4)oc4cccc(-c6cccc(-c7ccccc7)c6)c45)n3)ccc21. The highest BCUT2D eigenvalue weighted by Gasteiger charge is 2.35. The minimum absolute atomic E-state index is 0.0858. The van der Waals surface area contributed by atoms with Crippen molar-refractivity contribution in [3.05, 3.63) is 187 Å². The van der Waals surface area contributed by atoms with Crippen LogP contribution in [0.4, 0.5) is 0 Å². The first-order chi connectivity index (χ1) is 27.5. The van der Waals surface area contributed by atoms with E-state index in [9.17, 15) is 0 Å². The molecule has 56 heavy (non-hydrogen) atoms. The Labute approximate surface area is 324 Å². The minimum atomic E-state index is -0.0858. The summed E-state index contributed by atoms with van der Waals surface area (Å²) < 4.78 is 6.60. The Bertz CT molecular complexity index is 3180. The lowest BCUT2D eigenvalue weighted by atomic mass is 9.82. The second kappa shape index (κ2) is 12.4. The van der Waals surface area contributed by atoms with Crippen molar-refractivity contribution in [2.24, 2.45) is 0 Å². The highest BCUT2D eigenvalue weighted by molar-refractivity contribution is 6.13. The molecule has 0 atom stereocenters. The Hall–Kier alpha value is -7.17. The van der Waals surface area contributed by atoms with Gasteiger partial charge in [-0.3, -0.25) is 0 Å². The van der Waals surface area contributed by atoms with Gasteiger partial charge in [0.15, 0.2) is 17.5 Å². The van der Waals surface area contributed by atoms with Crippen LogP contribution < -0.4 is 0 Å². The predicted molar refractivity (Wildman–Crippen MR) is 229 cm³/mol. The largest absolute Gasteiger partial charge is 0.456 e. The molecular formula is C52H35N3O. The second-order valence-electron chi connectivity index (χ2n) is 15.2. The third-order valence-electron chi connectivity index (χ3n) is 11.5. The molecule has 0 bridgehead atoms. The number of nitrogens with zero attached hydrogens (tertiary/aromatic N) is 3. The van der Waals surface area contributed by atoms with Crippen molar-refractivity contribution in [2.45, 2.75) is 19.3 Å². The lowest BCUT2D eigenvalue weighted by Gasteiger charge is -2.21. The number of fused-ring (bicyclic) bond motifs is 7. The molecule has 0 radical (unpaired) electrons. The number of hydrogen-bond donors (Lipinski definition) is 0. The summed E-state index contributed by atoms with van der Waals surface area (Å²) in [6, 6.07) is 62.0. The molecule has 2 aromatic heterocycles. The zero-order chi connectivity index (χ0) is 37.4. The molecule has 264 valence electrons. The van der Waals surface area contributed by atoms with E-state index in [1.165, 1.54) is 38.8 Å². The Morgan fingerprint density at radius 1 is 0.375 bits per heavy atom. The van der Waals surface area contributed by atoms with Crippen LogP contribution in [0.5, 0.6) is 0 Å². The normalized spacial score (nSPS) is 13.0. The van der Waals surface area contributed by atoms with Crippen LogP contribution in [0.3, 0.4) is 0 Å². The van der Waals surface area contributed by atoms with Crippen molar-refractivity contribution >= 4 is 32.7 Å². The molecule has 4 heteroatoms. The third-order valence-corrected chi connectivity index (χ3v) is 11.5. The van der Waals surface area contributed by atoms with E-state index in [1.807, 2.05) is 6.07 Å². The number of furan rings is 1. The summed E-state index contributed by atoms with van der Waals surface area (Å²) in [7, 11) is 0. The number of hydrogen-bond acceptors (Lipinski definition) is 4. The molecule has 0 N–H and O–H groups in total. The topological polar surface area (TPSA) is 51.8 Å². The molecule has 0 saturated carbocycles. The second-order valence-corrected chi connectivity index (χ2v) is 15.2. The molecular weight excluding hydrogens is 683 g/mol. The van der Waals surface area contributed by atoms with Gasteiger partial charge in [0.1, 0.15) is 11.2 Å². The van der Waals surface area contributed by atoms with Crippen molar-refractivity contribution in [1.82, 2.24) is 15.0 Å². The van der Waals surface area contributed by atoms with Crippen LogP contribution in [0.2, 0.25) is 0 Å². The van der Waals surface area contributed by atoms with Crippen LogP contribution in [0.25, 0.3) is 100 Å². The Kier molecular flexibility index (Phi) is 7.17. The molecule has 0 spiro atoms. The van der Waals surface area contributed by atoms with Gasteiger partial charge < -0.3 is 4.42 Å². The van der Waals surface area contributed by atoms with Crippen molar-refractivity contribution in [3.8, 4) is 67.5 Å². The van der Waals surface area contributed by atoms with Gasteiger partial charge >= 0.3 is 0 Å². The van der Waals surface area contributed by atoms with Gasteiger partial charge in [-0.2, -0.15) is 0 Å². The van der Waals surface area contributed by atoms with Crippen LogP contribution in [-0.2, 0) is 5.41 Å². The summed E-state index contributed by atoms with van der Waals surface area (Å²) in [5.41, 5.74) is 14.1. The Morgan fingerprint density at radius 3 is 1.82 bits per heavy atom. The zero-order valence-electron chi connectivity index (χ0n) is 31.0. The summed E-state index contributed by atoms with van der Waals surface area (Å²) in [5, 5.41) is 4.45. The van der Waals surface area contributed by atoms with Crippen molar-refractivity contribution in [1.29, 1.82) is 0 Å². The summed E-state index contributed by atoms with van der Waals surface area (Å²) in [6.07, 6.45) is 0. The van der Waals surface area contributed by atoms with Gasteiger partial charge in [0, 0.05) is 32.9 Å². The minimum Gasteiger partial charge on any atom is -0.456 e. The molecule has 10 aromatic rings. The van der Waals surface area contributed by atoms with Crippen LogP contribution in [0.15, 0.2) is 180 Å². The fourth-order valence-corrected chi connectivity index (χ4v) is 8.65. The van der Waals surface area contributed by atoms with E-state index in [1.54, 1.807) is 0 Å². The molecule has 2 heterocycles. The molecule has 0 amide bonds. The van der Waals surface area contributed by atoms with E-state index in [2.05, 4.69) is 184 Å². The maximum atomic E-state index is 6.60. The van der Waals surface area contributed by atoms with Gasteiger partial charge in [0.05, 0.1) is 0 Å². The zero-order valence-corrected chi connectivity index (χ0v) is 31.0. The molecule has 0 unspecified atom stereocenters. The van der Waals surface area contributed by atoms with Gasteiger partial charge in [0.25, 0.3) is 0 Å². The van der Waals surface area contributed by atoms with E-state index < -0.39 is 0 Å². The quantitative estimate of drug-likeness (QED) is 0.178. The van der Waals surface area contributed by atoms with Crippen molar-refractivity contribution < 1.29 is 4.42 Å². The average Bonchev–Trinajstić information content (AvgIpc) is 3.75. The fraction of sp³-hybridized carbons (Fsp3) is 0.0577. The maximum absolute atomic E-state index is 6.60. The van der Waals surface area contributed by atoms with Gasteiger partial charge in [0.2, 0.25) is 0 Å². The van der Waals surface area contributed by atoms with Gasteiger partial charge in [-0.15, -0.1) is 0 Å². The molecule has 0 saturated heterocycles. The number of benzene rings is 8. The van der Waals surface area contributed by atoms with Gasteiger partial charge in [-0.1, -0.05) is 153 Å². The highest BCUT2D eigenvalue weighted by Crippen LogP contribution is 2.49. The third kappa shape index (κ3) is 5.18. The van der Waals surface area contributed by atoms with E-state index >= 15 is 0 Å². The molecule has 1 aliphatic rings. The molecule has 8 aromatic carbocycles. The van der Waals surface area contributed by atoms with Crippen molar-refractivity contribution in [2.75, 3.05) is 0 Å². The number of aromatic nitrogens is 3. The first-order valence-corrected chi connectivity index (χ1v) is 19.1. The summed E-state index contributed by atoms with van der Waals surface area (Å²) in [6.45, 7) is 4.60. The van der Waals surface area contributed by atoms with E-state index in [0.717, 1.165) is 55.1 Å². The highest BCUT2D eigenvalue weighted by atomic mass is 16.3. The molecule has 0 fully saturated rings. The lowest BCUT2D eigenvalue weighted by molar-refractivity contribution is 0.660. The van der Waals surface area contributed by atoms with Gasteiger partial charge in [-0.05, 0) is 91.7 Å². The predicted octanol–water partition coefficient (Wildman–Crippen LogP) is 13.6. The average molecular weight is 718 g/mol. The Balaban J connectivity index is 1.06. The molecule has 1 aliphatic carbocycles.